The smallest absolute Gasteiger partial charge is 0.0797 e. The van der Waals surface area contributed by atoms with Crippen molar-refractivity contribution in [3.05, 3.63) is 34.4 Å². The van der Waals surface area contributed by atoms with Gasteiger partial charge in [-0.3, -0.25) is 0 Å². The molecule has 1 N–H and O–H groups in total. The first kappa shape index (κ1) is 11.3. The van der Waals surface area contributed by atoms with E-state index < -0.39 is 0 Å². The maximum Gasteiger partial charge on any atom is 0.0797 e. The predicted octanol–water partition coefficient (Wildman–Crippen LogP) is 3.57. The second-order valence-corrected chi connectivity index (χ2v) is 6.56. The van der Waals surface area contributed by atoms with Gasteiger partial charge in [-0.25, -0.2) is 0 Å². The molecular weight excluding hydrogens is 208 g/mol. The summed E-state index contributed by atoms with van der Waals surface area (Å²) in [4.78, 5) is 0. The Balaban J connectivity index is 2.04. The van der Waals surface area contributed by atoms with Crippen molar-refractivity contribution in [2.75, 3.05) is 0 Å². The summed E-state index contributed by atoms with van der Waals surface area (Å²) in [6.45, 7) is 4.55. The van der Waals surface area contributed by atoms with Crippen LogP contribution in [0.15, 0.2) is 12.1 Å². The van der Waals surface area contributed by atoms with Gasteiger partial charge in [0, 0.05) is 0 Å². The van der Waals surface area contributed by atoms with Gasteiger partial charge in [0.15, 0.2) is 0 Å². The van der Waals surface area contributed by atoms with E-state index in [0.29, 0.717) is 0 Å². The summed E-state index contributed by atoms with van der Waals surface area (Å²) in [6, 6.07) is 4.67. The summed E-state index contributed by atoms with van der Waals surface area (Å²) in [5.74, 6) is 0. The zero-order valence-corrected chi connectivity index (χ0v) is 10.9. The molecule has 1 aromatic rings. The first-order valence-electron chi connectivity index (χ1n) is 6.88. The van der Waals surface area contributed by atoms with Gasteiger partial charge in [-0.2, -0.15) is 0 Å². The highest BCUT2D eigenvalue weighted by Crippen LogP contribution is 2.41. The van der Waals surface area contributed by atoms with Crippen molar-refractivity contribution in [1.82, 2.24) is 0 Å². The van der Waals surface area contributed by atoms with E-state index in [9.17, 15) is 5.11 Å². The molecule has 1 nitrogen and oxygen atoms in total. The Morgan fingerprint density at radius 1 is 1.06 bits per heavy atom. The van der Waals surface area contributed by atoms with Crippen molar-refractivity contribution < 1.29 is 5.11 Å². The molecule has 1 aromatic carbocycles. The molecule has 0 amide bonds. The monoisotopic (exact) mass is 230 g/mol. The molecule has 0 aromatic heterocycles. The van der Waals surface area contributed by atoms with Gasteiger partial charge in [-0.15, -0.1) is 0 Å². The fraction of sp³-hybridized carbons (Fsp3) is 0.625. The third-order valence-corrected chi connectivity index (χ3v) is 4.53. The fourth-order valence-electron chi connectivity index (χ4n) is 3.43. The highest BCUT2D eigenvalue weighted by atomic mass is 16.3. The number of hydrogen-bond acceptors (Lipinski definition) is 1. The van der Waals surface area contributed by atoms with Gasteiger partial charge < -0.3 is 5.11 Å². The molecule has 1 atom stereocenters. The summed E-state index contributed by atoms with van der Waals surface area (Å²) < 4.78 is 0. The van der Waals surface area contributed by atoms with Crippen molar-refractivity contribution in [2.24, 2.45) is 5.41 Å². The topological polar surface area (TPSA) is 20.2 Å². The fourth-order valence-corrected chi connectivity index (χ4v) is 3.43. The quantitative estimate of drug-likeness (QED) is 0.675. The van der Waals surface area contributed by atoms with Crippen LogP contribution >= 0.6 is 0 Å². The lowest BCUT2D eigenvalue weighted by Gasteiger charge is -2.24. The lowest BCUT2D eigenvalue weighted by Crippen LogP contribution is -2.13. The first-order chi connectivity index (χ1) is 8.05. The van der Waals surface area contributed by atoms with Crippen LogP contribution in [0.2, 0.25) is 0 Å². The average molecular weight is 230 g/mol. The third-order valence-electron chi connectivity index (χ3n) is 4.53. The normalized spacial score (nSPS) is 26.2. The minimum atomic E-state index is -0.256. The van der Waals surface area contributed by atoms with E-state index in [-0.39, 0.29) is 11.5 Å². The summed E-state index contributed by atoms with van der Waals surface area (Å²) in [7, 11) is 0. The average Bonchev–Trinajstić information content (AvgIpc) is 2.67. The summed E-state index contributed by atoms with van der Waals surface area (Å²) in [5, 5.41) is 10.4. The van der Waals surface area contributed by atoms with E-state index in [0.717, 1.165) is 12.8 Å². The molecule has 2 aliphatic carbocycles. The van der Waals surface area contributed by atoms with Crippen LogP contribution in [0.25, 0.3) is 0 Å². The van der Waals surface area contributed by atoms with Crippen LogP contribution in [0.1, 0.15) is 61.5 Å². The number of fused-ring (bicyclic) bond motifs is 2. The summed E-state index contributed by atoms with van der Waals surface area (Å²) >= 11 is 0. The summed E-state index contributed by atoms with van der Waals surface area (Å²) in [6.07, 6.45) is 6.70. The molecule has 0 spiro atoms. The second-order valence-electron chi connectivity index (χ2n) is 6.56. The molecule has 3 rings (SSSR count). The molecule has 0 bridgehead atoms. The number of aliphatic hydroxyl groups is 1. The molecule has 1 heteroatoms. The largest absolute Gasteiger partial charge is 0.388 e. The Hall–Kier alpha value is -0.820. The predicted molar refractivity (Wildman–Crippen MR) is 70.1 cm³/mol. The zero-order valence-electron chi connectivity index (χ0n) is 10.9. The van der Waals surface area contributed by atoms with Crippen molar-refractivity contribution in [3.63, 3.8) is 0 Å². The van der Waals surface area contributed by atoms with Gasteiger partial charge in [-0.05, 0) is 66.2 Å². The van der Waals surface area contributed by atoms with Gasteiger partial charge in [-0.1, -0.05) is 26.0 Å². The van der Waals surface area contributed by atoms with Crippen LogP contribution < -0.4 is 0 Å². The van der Waals surface area contributed by atoms with Crippen molar-refractivity contribution in [2.45, 2.75) is 58.5 Å². The van der Waals surface area contributed by atoms with Gasteiger partial charge in [0.2, 0.25) is 0 Å². The van der Waals surface area contributed by atoms with Crippen molar-refractivity contribution in [3.8, 4) is 0 Å². The Labute approximate surface area is 104 Å². The first-order valence-corrected chi connectivity index (χ1v) is 6.88. The molecule has 0 fully saturated rings. The number of aliphatic hydroxyl groups excluding tert-OH is 1. The molecule has 0 aliphatic heterocycles. The molecule has 0 saturated carbocycles. The molecule has 1 unspecified atom stereocenters. The maximum atomic E-state index is 10.4. The molecule has 92 valence electrons. The minimum absolute atomic E-state index is 0.256. The Morgan fingerprint density at radius 2 is 1.76 bits per heavy atom. The molecule has 17 heavy (non-hydrogen) atoms. The van der Waals surface area contributed by atoms with Crippen LogP contribution in [-0.4, -0.2) is 5.11 Å². The maximum absolute atomic E-state index is 10.4. The molecule has 0 radical (unpaired) electrons. The van der Waals surface area contributed by atoms with Gasteiger partial charge >= 0.3 is 0 Å². The SMILES string of the molecule is CC1(C)CCc2cc3c(cc2C(O)C1)CCC3. The van der Waals surface area contributed by atoms with Gasteiger partial charge in [0.25, 0.3) is 0 Å². The molecule has 2 aliphatic rings. The number of rotatable bonds is 0. The van der Waals surface area contributed by atoms with Gasteiger partial charge in [0.05, 0.1) is 6.10 Å². The zero-order chi connectivity index (χ0) is 12.0. The van der Waals surface area contributed by atoms with E-state index in [1.165, 1.54) is 47.9 Å². The molecule has 0 saturated heterocycles. The van der Waals surface area contributed by atoms with E-state index in [1.807, 2.05) is 0 Å². The van der Waals surface area contributed by atoms with Crippen molar-refractivity contribution >= 4 is 0 Å². The van der Waals surface area contributed by atoms with E-state index in [1.54, 1.807) is 0 Å². The second kappa shape index (κ2) is 3.84. The van der Waals surface area contributed by atoms with Crippen LogP contribution in [0.3, 0.4) is 0 Å². The van der Waals surface area contributed by atoms with Crippen LogP contribution in [0, 0.1) is 5.41 Å². The standard InChI is InChI=1S/C16H22O/c1-16(2)7-6-13-8-11-4-3-5-12(11)9-14(13)15(17)10-16/h8-9,15,17H,3-7,10H2,1-2H3. The van der Waals surface area contributed by atoms with Crippen LogP contribution in [0.5, 0.6) is 0 Å². The lowest BCUT2D eigenvalue weighted by atomic mass is 9.84. The van der Waals surface area contributed by atoms with E-state index in [2.05, 4.69) is 26.0 Å². The Bertz CT molecular complexity index is 445. The van der Waals surface area contributed by atoms with E-state index in [4.69, 9.17) is 0 Å². The van der Waals surface area contributed by atoms with Crippen LogP contribution in [-0.2, 0) is 19.3 Å². The highest BCUT2D eigenvalue weighted by molar-refractivity contribution is 5.42. The van der Waals surface area contributed by atoms with Crippen LogP contribution in [0.4, 0.5) is 0 Å². The third kappa shape index (κ3) is 2.01. The minimum Gasteiger partial charge on any atom is -0.388 e. The molecule has 0 heterocycles. The Kier molecular flexibility index (Phi) is 2.55. The number of benzene rings is 1. The van der Waals surface area contributed by atoms with Gasteiger partial charge in [0.1, 0.15) is 0 Å². The highest BCUT2D eigenvalue weighted by Gasteiger charge is 2.29. The summed E-state index contributed by atoms with van der Waals surface area (Å²) in [5.41, 5.74) is 5.92. The van der Waals surface area contributed by atoms with Crippen molar-refractivity contribution in [1.29, 1.82) is 0 Å². The lowest BCUT2D eigenvalue weighted by molar-refractivity contribution is 0.116. The Morgan fingerprint density at radius 3 is 2.53 bits per heavy atom. The number of hydrogen-bond donors (Lipinski definition) is 1. The molecular formula is C16H22O. The van der Waals surface area contributed by atoms with E-state index >= 15 is 0 Å². The number of aryl methyl sites for hydroxylation is 3.